The van der Waals surface area contributed by atoms with Crippen LogP contribution in [0.3, 0.4) is 0 Å². The van der Waals surface area contributed by atoms with Gasteiger partial charge in [-0.3, -0.25) is 9.59 Å². The highest BCUT2D eigenvalue weighted by molar-refractivity contribution is 9.10. The van der Waals surface area contributed by atoms with E-state index >= 15 is 0 Å². The standard InChI is InChI=1S/C14H15BrO3/c15-11-5-1-4-10(7-11)13(16)8-9-3-2-6-12(9)14(17)18/h1,4-5,7,9,12H,2-3,6,8H2,(H,17,18)/t9-,12+/m1/s1. The molecule has 0 aromatic heterocycles. The number of carbonyl (C=O) groups excluding carboxylic acids is 1. The Bertz CT molecular complexity index is 470. The molecular weight excluding hydrogens is 296 g/mol. The van der Waals surface area contributed by atoms with E-state index in [0.717, 1.165) is 17.3 Å². The lowest BCUT2D eigenvalue weighted by Crippen LogP contribution is -2.20. The number of Topliss-reactive ketones (excluding diaryl/α,β-unsaturated/α-hetero) is 1. The molecule has 1 aliphatic carbocycles. The third-order valence-electron chi connectivity index (χ3n) is 3.57. The van der Waals surface area contributed by atoms with Crippen LogP contribution >= 0.6 is 15.9 Å². The lowest BCUT2D eigenvalue weighted by Gasteiger charge is -2.14. The molecule has 18 heavy (non-hydrogen) atoms. The molecule has 0 radical (unpaired) electrons. The van der Waals surface area contributed by atoms with E-state index in [1.54, 1.807) is 12.1 Å². The fourth-order valence-corrected chi connectivity index (χ4v) is 3.02. The van der Waals surface area contributed by atoms with Gasteiger partial charge in [-0.15, -0.1) is 0 Å². The van der Waals surface area contributed by atoms with Crippen LogP contribution in [0.15, 0.2) is 28.7 Å². The van der Waals surface area contributed by atoms with E-state index in [9.17, 15) is 9.59 Å². The topological polar surface area (TPSA) is 54.4 Å². The number of carbonyl (C=O) groups is 2. The fourth-order valence-electron chi connectivity index (χ4n) is 2.62. The van der Waals surface area contributed by atoms with Crippen molar-refractivity contribution in [2.24, 2.45) is 11.8 Å². The van der Waals surface area contributed by atoms with Crippen molar-refractivity contribution in [1.82, 2.24) is 0 Å². The number of carboxylic acids is 1. The molecule has 3 nitrogen and oxygen atoms in total. The summed E-state index contributed by atoms with van der Waals surface area (Å²) in [5, 5.41) is 9.09. The van der Waals surface area contributed by atoms with E-state index in [4.69, 9.17) is 5.11 Å². The van der Waals surface area contributed by atoms with Crippen molar-refractivity contribution in [3.05, 3.63) is 34.3 Å². The Labute approximate surface area is 114 Å². The van der Waals surface area contributed by atoms with Crippen LogP contribution < -0.4 is 0 Å². The summed E-state index contributed by atoms with van der Waals surface area (Å²) in [4.78, 5) is 23.2. The van der Waals surface area contributed by atoms with E-state index in [-0.39, 0.29) is 17.6 Å². The molecule has 1 N–H and O–H groups in total. The summed E-state index contributed by atoms with van der Waals surface area (Å²) >= 11 is 3.33. The van der Waals surface area contributed by atoms with Crippen molar-refractivity contribution in [3.63, 3.8) is 0 Å². The molecule has 2 rings (SSSR count). The molecule has 1 aliphatic rings. The SMILES string of the molecule is O=C(C[C@H]1CCC[C@@H]1C(=O)O)c1cccc(Br)c1. The largest absolute Gasteiger partial charge is 0.481 e. The number of hydrogen-bond acceptors (Lipinski definition) is 2. The van der Waals surface area contributed by atoms with Gasteiger partial charge >= 0.3 is 5.97 Å². The van der Waals surface area contributed by atoms with Gasteiger partial charge in [-0.2, -0.15) is 0 Å². The Hall–Kier alpha value is -1.16. The lowest BCUT2D eigenvalue weighted by atomic mass is 9.89. The van der Waals surface area contributed by atoms with Crippen molar-refractivity contribution < 1.29 is 14.7 Å². The minimum Gasteiger partial charge on any atom is -0.481 e. The van der Waals surface area contributed by atoms with Crippen molar-refractivity contribution in [1.29, 1.82) is 0 Å². The van der Waals surface area contributed by atoms with Crippen LogP contribution in [-0.2, 0) is 4.79 Å². The Morgan fingerprint density at radius 1 is 1.33 bits per heavy atom. The van der Waals surface area contributed by atoms with Gasteiger partial charge in [0.05, 0.1) is 5.92 Å². The average molecular weight is 311 g/mol. The van der Waals surface area contributed by atoms with E-state index < -0.39 is 5.97 Å². The minimum absolute atomic E-state index is 0.00557. The minimum atomic E-state index is -0.764. The summed E-state index contributed by atoms with van der Waals surface area (Å²) < 4.78 is 0.870. The van der Waals surface area contributed by atoms with Crippen molar-refractivity contribution in [3.8, 4) is 0 Å². The molecular formula is C14H15BrO3. The molecule has 1 saturated carbocycles. The Morgan fingerprint density at radius 2 is 2.11 bits per heavy atom. The highest BCUT2D eigenvalue weighted by Crippen LogP contribution is 2.35. The summed E-state index contributed by atoms with van der Waals surface area (Å²) in [5.74, 6) is -1.08. The van der Waals surface area contributed by atoms with E-state index in [2.05, 4.69) is 15.9 Å². The molecule has 1 aromatic carbocycles. The first-order chi connectivity index (χ1) is 8.58. The Kier molecular flexibility index (Phi) is 4.17. The maximum Gasteiger partial charge on any atom is 0.306 e. The van der Waals surface area contributed by atoms with Gasteiger partial charge in [0, 0.05) is 16.5 Å². The van der Waals surface area contributed by atoms with Gasteiger partial charge in [0.25, 0.3) is 0 Å². The van der Waals surface area contributed by atoms with Gasteiger partial charge in [-0.25, -0.2) is 0 Å². The summed E-state index contributed by atoms with van der Waals surface area (Å²) in [6, 6.07) is 7.25. The van der Waals surface area contributed by atoms with Gasteiger partial charge in [0.2, 0.25) is 0 Å². The van der Waals surface area contributed by atoms with Crippen LogP contribution in [0, 0.1) is 11.8 Å². The highest BCUT2D eigenvalue weighted by atomic mass is 79.9. The number of hydrogen-bond donors (Lipinski definition) is 1. The smallest absolute Gasteiger partial charge is 0.306 e. The van der Waals surface area contributed by atoms with Crippen LogP contribution in [-0.4, -0.2) is 16.9 Å². The molecule has 0 amide bonds. The molecule has 1 aromatic rings. The predicted molar refractivity (Wildman–Crippen MR) is 71.6 cm³/mol. The molecule has 1 fully saturated rings. The second-order valence-corrected chi connectivity index (χ2v) is 5.69. The number of rotatable bonds is 4. The van der Waals surface area contributed by atoms with Gasteiger partial charge in [-0.1, -0.05) is 34.5 Å². The Balaban J connectivity index is 2.05. The maximum atomic E-state index is 12.1. The normalized spacial score (nSPS) is 22.9. The molecule has 0 heterocycles. The first-order valence-corrected chi connectivity index (χ1v) is 6.89. The van der Waals surface area contributed by atoms with E-state index in [1.165, 1.54) is 0 Å². The number of ketones is 1. The fraction of sp³-hybridized carbons (Fsp3) is 0.429. The van der Waals surface area contributed by atoms with Gasteiger partial charge in [0.1, 0.15) is 0 Å². The summed E-state index contributed by atoms with van der Waals surface area (Å²) in [6.07, 6.45) is 2.79. The molecule has 4 heteroatoms. The Morgan fingerprint density at radius 3 is 2.78 bits per heavy atom. The predicted octanol–water partition coefficient (Wildman–Crippen LogP) is 3.52. The maximum absolute atomic E-state index is 12.1. The molecule has 0 unspecified atom stereocenters. The summed E-state index contributed by atoms with van der Waals surface area (Å²) in [5.41, 5.74) is 0.653. The third kappa shape index (κ3) is 2.99. The van der Waals surface area contributed by atoms with Crippen LogP contribution in [0.4, 0.5) is 0 Å². The summed E-state index contributed by atoms with van der Waals surface area (Å²) in [6.45, 7) is 0. The molecule has 0 saturated heterocycles. The summed E-state index contributed by atoms with van der Waals surface area (Å²) in [7, 11) is 0. The van der Waals surface area contributed by atoms with Crippen molar-refractivity contribution in [2.75, 3.05) is 0 Å². The highest BCUT2D eigenvalue weighted by Gasteiger charge is 2.34. The van der Waals surface area contributed by atoms with Crippen LogP contribution in [0.25, 0.3) is 0 Å². The first-order valence-electron chi connectivity index (χ1n) is 6.09. The second kappa shape index (κ2) is 5.65. The molecule has 0 bridgehead atoms. The van der Waals surface area contributed by atoms with Crippen LogP contribution in [0.5, 0.6) is 0 Å². The van der Waals surface area contributed by atoms with Crippen LogP contribution in [0.2, 0.25) is 0 Å². The zero-order valence-corrected chi connectivity index (χ0v) is 11.5. The van der Waals surface area contributed by atoms with Gasteiger partial charge < -0.3 is 5.11 Å². The zero-order chi connectivity index (χ0) is 13.1. The monoisotopic (exact) mass is 310 g/mol. The molecule has 2 atom stereocenters. The number of carboxylic acid groups (broad SMARTS) is 1. The van der Waals surface area contributed by atoms with Crippen molar-refractivity contribution in [2.45, 2.75) is 25.7 Å². The number of halogens is 1. The van der Waals surface area contributed by atoms with E-state index in [0.29, 0.717) is 18.4 Å². The quantitative estimate of drug-likeness (QED) is 0.866. The second-order valence-electron chi connectivity index (χ2n) is 4.77. The zero-order valence-electron chi connectivity index (χ0n) is 9.93. The van der Waals surface area contributed by atoms with Gasteiger partial charge in [0.15, 0.2) is 5.78 Å². The first kappa shape index (κ1) is 13.3. The molecule has 96 valence electrons. The number of benzene rings is 1. The van der Waals surface area contributed by atoms with Crippen molar-refractivity contribution >= 4 is 27.7 Å². The molecule has 0 spiro atoms. The average Bonchev–Trinajstić information content (AvgIpc) is 2.77. The van der Waals surface area contributed by atoms with Crippen LogP contribution in [0.1, 0.15) is 36.0 Å². The number of aliphatic carboxylic acids is 1. The molecule has 0 aliphatic heterocycles. The lowest BCUT2D eigenvalue weighted by molar-refractivity contribution is -0.142. The van der Waals surface area contributed by atoms with Gasteiger partial charge in [-0.05, 0) is 30.9 Å². The van der Waals surface area contributed by atoms with E-state index in [1.807, 2.05) is 12.1 Å². The third-order valence-corrected chi connectivity index (χ3v) is 4.06.